The Morgan fingerprint density at radius 1 is 1.10 bits per heavy atom. The molecule has 114 valence electrons. The van der Waals surface area contributed by atoms with Crippen LogP contribution in [-0.4, -0.2) is 13.2 Å². The molecule has 21 heavy (non-hydrogen) atoms. The standard InChI is InChI=1S/C19H27NO/c1-12(14-6-3-4-9-19(14)21-2)20-18-11-13-10-17(18)16-8-5-7-15(13)16/h3-4,6,9,12-13,15-18,20H,5,7-8,10-11H2,1-2H3/t12-,13?,15?,16?,17?,18?/m0/s1. The monoisotopic (exact) mass is 285 g/mol. The third-order valence-corrected chi connectivity index (χ3v) is 6.50. The SMILES string of the molecule is COc1ccccc1[C@H](C)NC1CC2CC1C1CCCC21. The van der Waals surface area contributed by atoms with Crippen molar-refractivity contribution in [2.24, 2.45) is 23.7 Å². The van der Waals surface area contributed by atoms with E-state index in [1.54, 1.807) is 7.11 Å². The smallest absolute Gasteiger partial charge is 0.123 e. The average Bonchev–Trinajstić information content (AvgIpc) is 3.19. The lowest BCUT2D eigenvalue weighted by Gasteiger charge is -2.34. The van der Waals surface area contributed by atoms with Crippen LogP contribution in [0, 0.1) is 23.7 Å². The van der Waals surface area contributed by atoms with Crippen LogP contribution in [0.4, 0.5) is 0 Å². The van der Waals surface area contributed by atoms with Crippen molar-refractivity contribution < 1.29 is 4.74 Å². The molecule has 0 spiro atoms. The molecule has 0 saturated heterocycles. The van der Waals surface area contributed by atoms with Gasteiger partial charge in [0.25, 0.3) is 0 Å². The van der Waals surface area contributed by atoms with E-state index in [2.05, 4.69) is 36.5 Å². The number of benzene rings is 1. The normalized spacial score (nSPS) is 38.5. The molecule has 0 amide bonds. The van der Waals surface area contributed by atoms with Crippen LogP contribution in [-0.2, 0) is 0 Å². The summed E-state index contributed by atoms with van der Waals surface area (Å²) in [5.74, 6) is 5.09. The van der Waals surface area contributed by atoms with Crippen molar-refractivity contribution in [1.82, 2.24) is 5.32 Å². The van der Waals surface area contributed by atoms with Gasteiger partial charge in [-0.1, -0.05) is 24.6 Å². The van der Waals surface area contributed by atoms with Gasteiger partial charge in [-0.3, -0.25) is 0 Å². The summed E-state index contributed by atoms with van der Waals surface area (Å²) < 4.78 is 5.52. The van der Waals surface area contributed by atoms with E-state index in [1.165, 1.54) is 37.7 Å². The highest BCUT2D eigenvalue weighted by molar-refractivity contribution is 5.35. The molecule has 3 fully saturated rings. The molecule has 3 aliphatic carbocycles. The Hall–Kier alpha value is -1.02. The van der Waals surface area contributed by atoms with E-state index in [-0.39, 0.29) is 0 Å². The summed E-state index contributed by atoms with van der Waals surface area (Å²) in [5, 5.41) is 3.93. The van der Waals surface area contributed by atoms with Gasteiger partial charge in [0.2, 0.25) is 0 Å². The molecule has 3 aliphatic rings. The average molecular weight is 285 g/mol. The van der Waals surface area contributed by atoms with E-state index in [0.29, 0.717) is 6.04 Å². The molecule has 1 N–H and O–H groups in total. The van der Waals surface area contributed by atoms with E-state index in [4.69, 9.17) is 4.74 Å². The summed E-state index contributed by atoms with van der Waals surface area (Å²) in [6.07, 6.45) is 7.39. The van der Waals surface area contributed by atoms with Crippen molar-refractivity contribution in [3.63, 3.8) is 0 Å². The summed E-state index contributed by atoms with van der Waals surface area (Å²) in [5.41, 5.74) is 1.30. The van der Waals surface area contributed by atoms with Crippen molar-refractivity contribution in [3.8, 4) is 5.75 Å². The number of hydrogen-bond acceptors (Lipinski definition) is 2. The van der Waals surface area contributed by atoms with Gasteiger partial charge >= 0.3 is 0 Å². The number of para-hydroxylation sites is 1. The molecule has 2 nitrogen and oxygen atoms in total. The molecule has 0 radical (unpaired) electrons. The second-order valence-corrected chi connectivity index (χ2v) is 7.39. The molecule has 0 heterocycles. The molecule has 3 saturated carbocycles. The molecule has 1 aromatic carbocycles. The third kappa shape index (κ3) is 2.19. The molecular formula is C19H27NO. The van der Waals surface area contributed by atoms with Gasteiger partial charge in [-0.25, -0.2) is 0 Å². The first kappa shape index (κ1) is 13.6. The Kier molecular flexibility index (Phi) is 3.45. The fourth-order valence-electron chi connectivity index (χ4n) is 5.69. The minimum atomic E-state index is 0.380. The molecule has 1 aromatic rings. The first-order chi connectivity index (χ1) is 10.3. The second-order valence-electron chi connectivity index (χ2n) is 7.39. The van der Waals surface area contributed by atoms with Crippen molar-refractivity contribution in [1.29, 1.82) is 0 Å². The minimum absolute atomic E-state index is 0.380. The number of ether oxygens (including phenoxy) is 1. The van der Waals surface area contributed by atoms with Crippen molar-refractivity contribution >= 4 is 0 Å². The quantitative estimate of drug-likeness (QED) is 0.896. The molecule has 4 rings (SSSR count). The van der Waals surface area contributed by atoms with Crippen LogP contribution in [0.3, 0.4) is 0 Å². The molecule has 2 bridgehead atoms. The van der Waals surface area contributed by atoms with Crippen LogP contribution >= 0.6 is 0 Å². The number of hydrogen-bond donors (Lipinski definition) is 1. The fraction of sp³-hybridized carbons (Fsp3) is 0.684. The third-order valence-electron chi connectivity index (χ3n) is 6.50. The number of nitrogens with one attached hydrogen (secondary N) is 1. The van der Waals surface area contributed by atoms with E-state index >= 15 is 0 Å². The summed E-state index contributed by atoms with van der Waals surface area (Å²) >= 11 is 0. The lowest BCUT2D eigenvalue weighted by Crippen LogP contribution is -2.40. The summed E-state index contributed by atoms with van der Waals surface area (Å²) in [6, 6.07) is 9.54. The van der Waals surface area contributed by atoms with Gasteiger partial charge in [-0.05, 0) is 62.3 Å². The maximum Gasteiger partial charge on any atom is 0.123 e. The maximum absolute atomic E-state index is 5.52. The van der Waals surface area contributed by atoms with Gasteiger partial charge in [0, 0.05) is 17.6 Å². The van der Waals surface area contributed by atoms with Crippen LogP contribution in [0.5, 0.6) is 5.75 Å². The maximum atomic E-state index is 5.52. The lowest BCUT2D eigenvalue weighted by molar-refractivity contribution is 0.199. The Balaban J connectivity index is 1.47. The largest absolute Gasteiger partial charge is 0.496 e. The number of methoxy groups -OCH3 is 1. The summed E-state index contributed by atoms with van der Waals surface area (Å²) in [7, 11) is 1.77. The van der Waals surface area contributed by atoms with Gasteiger partial charge in [-0.2, -0.15) is 0 Å². The topological polar surface area (TPSA) is 21.3 Å². The minimum Gasteiger partial charge on any atom is -0.496 e. The molecule has 2 heteroatoms. The van der Waals surface area contributed by atoms with Gasteiger partial charge in [-0.15, -0.1) is 0 Å². The van der Waals surface area contributed by atoms with Gasteiger partial charge in [0.1, 0.15) is 5.75 Å². The van der Waals surface area contributed by atoms with E-state index < -0.39 is 0 Å². The van der Waals surface area contributed by atoms with Crippen LogP contribution < -0.4 is 10.1 Å². The van der Waals surface area contributed by atoms with Crippen LogP contribution in [0.1, 0.15) is 50.6 Å². The van der Waals surface area contributed by atoms with Crippen molar-refractivity contribution in [2.45, 2.75) is 51.1 Å². The highest BCUT2D eigenvalue weighted by Crippen LogP contribution is 2.58. The van der Waals surface area contributed by atoms with E-state index in [1.807, 2.05) is 0 Å². The fourth-order valence-corrected chi connectivity index (χ4v) is 5.69. The van der Waals surface area contributed by atoms with E-state index in [0.717, 1.165) is 35.5 Å². The number of fused-ring (bicyclic) bond motifs is 5. The number of rotatable bonds is 4. The van der Waals surface area contributed by atoms with Crippen molar-refractivity contribution in [2.75, 3.05) is 7.11 Å². The Bertz CT molecular complexity index is 514. The first-order valence-corrected chi connectivity index (χ1v) is 8.67. The Morgan fingerprint density at radius 2 is 1.90 bits per heavy atom. The molecule has 0 aromatic heterocycles. The first-order valence-electron chi connectivity index (χ1n) is 8.67. The molecular weight excluding hydrogens is 258 g/mol. The highest BCUT2D eigenvalue weighted by atomic mass is 16.5. The van der Waals surface area contributed by atoms with Gasteiger partial charge in [0.15, 0.2) is 0 Å². The Morgan fingerprint density at radius 3 is 2.76 bits per heavy atom. The van der Waals surface area contributed by atoms with Gasteiger partial charge < -0.3 is 10.1 Å². The van der Waals surface area contributed by atoms with E-state index in [9.17, 15) is 0 Å². The Labute approximate surface area is 128 Å². The van der Waals surface area contributed by atoms with Crippen LogP contribution in [0.25, 0.3) is 0 Å². The summed E-state index contributed by atoms with van der Waals surface area (Å²) in [6.45, 7) is 2.29. The summed E-state index contributed by atoms with van der Waals surface area (Å²) in [4.78, 5) is 0. The molecule has 0 aliphatic heterocycles. The zero-order valence-corrected chi connectivity index (χ0v) is 13.2. The van der Waals surface area contributed by atoms with Crippen LogP contribution in [0.15, 0.2) is 24.3 Å². The molecule has 6 atom stereocenters. The predicted molar refractivity (Wildman–Crippen MR) is 85.4 cm³/mol. The predicted octanol–water partition coefficient (Wildman–Crippen LogP) is 4.17. The zero-order valence-electron chi connectivity index (χ0n) is 13.2. The van der Waals surface area contributed by atoms with Crippen LogP contribution in [0.2, 0.25) is 0 Å². The zero-order chi connectivity index (χ0) is 14.4. The van der Waals surface area contributed by atoms with Gasteiger partial charge in [0.05, 0.1) is 7.11 Å². The molecule has 5 unspecified atom stereocenters. The second kappa shape index (κ2) is 5.31. The van der Waals surface area contributed by atoms with Crippen molar-refractivity contribution in [3.05, 3.63) is 29.8 Å². The highest BCUT2D eigenvalue weighted by Gasteiger charge is 2.53. The lowest BCUT2D eigenvalue weighted by atomic mass is 9.79.